The van der Waals surface area contributed by atoms with Crippen LogP contribution in [0.25, 0.3) is 0 Å². The maximum absolute atomic E-state index is 11.4. The number of aliphatic carboxylic acids is 1. The number of hydrogen-bond donors (Lipinski definition) is 1. The van der Waals surface area contributed by atoms with Crippen molar-refractivity contribution in [2.45, 2.75) is 43.4 Å². The van der Waals surface area contributed by atoms with Crippen LogP contribution in [-0.4, -0.2) is 29.3 Å². The molecule has 0 spiro atoms. The van der Waals surface area contributed by atoms with Crippen LogP contribution < -0.4 is 0 Å². The summed E-state index contributed by atoms with van der Waals surface area (Å²) in [7, 11) is 0. The number of carbonyl (C=O) groups is 1. The number of thiazole rings is 1. The van der Waals surface area contributed by atoms with E-state index in [9.17, 15) is 9.90 Å². The predicted molar refractivity (Wildman–Crippen MR) is 68.1 cm³/mol. The molecular formula is C13H17NO3S. The first-order valence-corrected chi connectivity index (χ1v) is 7.37. The molecule has 1 aliphatic heterocycles. The van der Waals surface area contributed by atoms with Crippen LogP contribution in [-0.2, 0) is 14.9 Å². The zero-order valence-corrected chi connectivity index (χ0v) is 11.0. The summed E-state index contributed by atoms with van der Waals surface area (Å²) < 4.78 is 5.09. The molecule has 1 aliphatic carbocycles. The van der Waals surface area contributed by atoms with Crippen molar-refractivity contribution < 1.29 is 14.6 Å². The average Bonchev–Trinajstić information content (AvgIpc) is 2.78. The Kier molecular flexibility index (Phi) is 3.11. The molecule has 0 aromatic carbocycles. The van der Waals surface area contributed by atoms with E-state index in [-0.39, 0.29) is 13.2 Å². The van der Waals surface area contributed by atoms with Gasteiger partial charge in [0, 0.05) is 11.3 Å². The smallest absolute Gasteiger partial charge is 0.320 e. The topological polar surface area (TPSA) is 59.4 Å². The number of aromatic nitrogens is 1. The normalized spacial score (nSPS) is 23.6. The second kappa shape index (κ2) is 4.63. The maximum Gasteiger partial charge on any atom is 0.320 e. The van der Waals surface area contributed by atoms with Gasteiger partial charge in [0.15, 0.2) is 5.41 Å². The Morgan fingerprint density at radius 3 is 2.67 bits per heavy atom. The van der Waals surface area contributed by atoms with Gasteiger partial charge in [0.25, 0.3) is 0 Å². The van der Waals surface area contributed by atoms with E-state index in [1.165, 1.54) is 32.1 Å². The number of nitrogens with zero attached hydrogens (tertiary/aromatic N) is 1. The molecule has 0 bridgehead atoms. The van der Waals surface area contributed by atoms with Crippen molar-refractivity contribution in [3.8, 4) is 0 Å². The van der Waals surface area contributed by atoms with E-state index in [1.807, 2.05) is 5.38 Å². The van der Waals surface area contributed by atoms with Crippen molar-refractivity contribution in [1.82, 2.24) is 4.98 Å². The van der Waals surface area contributed by atoms with E-state index in [0.717, 1.165) is 5.01 Å². The molecular weight excluding hydrogens is 250 g/mol. The first-order valence-electron chi connectivity index (χ1n) is 6.49. The fraction of sp³-hybridized carbons (Fsp3) is 0.692. The molecule has 1 saturated heterocycles. The fourth-order valence-electron chi connectivity index (χ4n) is 2.73. The summed E-state index contributed by atoms with van der Waals surface area (Å²) in [6.07, 6.45) is 6.26. The zero-order valence-electron chi connectivity index (χ0n) is 10.2. The molecule has 2 fully saturated rings. The Morgan fingerprint density at radius 2 is 2.11 bits per heavy atom. The quantitative estimate of drug-likeness (QED) is 0.914. The van der Waals surface area contributed by atoms with Gasteiger partial charge in [0.1, 0.15) is 0 Å². The number of hydrogen-bond acceptors (Lipinski definition) is 4. The zero-order chi connectivity index (χ0) is 12.6. The molecule has 0 unspecified atom stereocenters. The van der Waals surface area contributed by atoms with Crippen LogP contribution >= 0.6 is 11.3 Å². The second-order valence-corrected chi connectivity index (χ2v) is 6.18. The van der Waals surface area contributed by atoms with Crippen molar-refractivity contribution >= 4 is 17.3 Å². The SMILES string of the molecule is O=C(O)C1(c2csc(C3CCCCC3)n2)COC1. The van der Waals surface area contributed by atoms with Crippen LogP contribution in [0.15, 0.2) is 5.38 Å². The molecule has 18 heavy (non-hydrogen) atoms. The minimum Gasteiger partial charge on any atom is -0.480 e. The average molecular weight is 267 g/mol. The van der Waals surface area contributed by atoms with Gasteiger partial charge in [0.05, 0.1) is 23.9 Å². The van der Waals surface area contributed by atoms with Gasteiger partial charge in [0.2, 0.25) is 0 Å². The lowest BCUT2D eigenvalue weighted by atomic mass is 9.83. The van der Waals surface area contributed by atoms with Crippen LogP contribution in [0, 0.1) is 0 Å². The van der Waals surface area contributed by atoms with Crippen molar-refractivity contribution in [2.75, 3.05) is 13.2 Å². The van der Waals surface area contributed by atoms with Gasteiger partial charge < -0.3 is 9.84 Å². The van der Waals surface area contributed by atoms with Gasteiger partial charge in [-0.15, -0.1) is 11.3 Å². The predicted octanol–water partition coefficient (Wildman–Crippen LogP) is 2.54. The summed E-state index contributed by atoms with van der Waals surface area (Å²) >= 11 is 1.62. The van der Waals surface area contributed by atoms with Gasteiger partial charge in [-0.1, -0.05) is 19.3 Å². The van der Waals surface area contributed by atoms with E-state index in [2.05, 4.69) is 4.98 Å². The molecule has 0 radical (unpaired) electrons. The third-order valence-electron chi connectivity index (χ3n) is 4.07. The van der Waals surface area contributed by atoms with Gasteiger partial charge in [-0.3, -0.25) is 4.79 Å². The molecule has 0 amide bonds. The summed E-state index contributed by atoms with van der Waals surface area (Å²) in [5.41, 5.74) is -0.171. The molecule has 0 atom stereocenters. The highest BCUT2D eigenvalue weighted by Crippen LogP contribution is 2.38. The van der Waals surface area contributed by atoms with Crippen molar-refractivity contribution in [3.05, 3.63) is 16.1 Å². The highest BCUT2D eigenvalue weighted by Gasteiger charge is 2.50. The fourth-order valence-corrected chi connectivity index (χ4v) is 3.82. The largest absolute Gasteiger partial charge is 0.480 e. The number of ether oxygens (including phenoxy) is 1. The van der Waals surface area contributed by atoms with E-state index >= 15 is 0 Å². The highest BCUT2D eigenvalue weighted by molar-refractivity contribution is 7.09. The molecule has 5 heteroatoms. The van der Waals surface area contributed by atoms with Gasteiger partial charge in [-0.2, -0.15) is 0 Å². The lowest BCUT2D eigenvalue weighted by molar-refractivity contribution is -0.163. The number of carboxylic acid groups (broad SMARTS) is 1. The van der Waals surface area contributed by atoms with Crippen LogP contribution in [0.3, 0.4) is 0 Å². The highest BCUT2D eigenvalue weighted by atomic mass is 32.1. The number of carboxylic acids is 1. The standard InChI is InChI=1S/C13H17NO3S/c15-12(16)13(7-17-8-13)10-6-18-11(14-10)9-4-2-1-3-5-9/h6,9H,1-5,7-8H2,(H,15,16). The molecule has 2 aliphatic rings. The summed E-state index contributed by atoms with van der Waals surface area (Å²) in [5.74, 6) is -0.265. The molecule has 1 saturated carbocycles. The molecule has 98 valence electrons. The van der Waals surface area contributed by atoms with Crippen LogP contribution in [0.5, 0.6) is 0 Å². The minimum absolute atomic E-state index is 0.260. The minimum atomic E-state index is -0.872. The van der Waals surface area contributed by atoms with Gasteiger partial charge >= 0.3 is 5.97 Å². The van der Waals surface area contributed by atoms with E-state index in [0.29, 0.717) is 11.6 Å². The van der Waals surface area contributed by atoms with Crippen LogP contribution in [0.2, 0.25) is 0 Å². The third-order valence-corrected chi connectivity index (χ3v) is 5.08. The Morgan fingerprint density at radius 1 is 1.39 bits per heavy atom. The van der Waals surface area contributed by atoms with Crippen molar-refractivity contribution in [2.24, 2.45) is 0 Å². The van der Waals surface area contributed by atoms with Gasteiger partial charge in [-0.25, -0.2) is 4.98 Å². The summed E-state index contributed by atoms with van der Waals surface area (Å²) in [4.78, 5) is 16.0. The molecule has 4 nitrogen and oxygen atoms in total. The second-order valence-electron chi connectivity index (χ2n) is 5.29. The molecule has 1 aromatic heterocycles. The molecule has 3 rings (SSSR count). The van der Waals surface area contributed by atoms with Gasteiger partial charge in [-0.05, 0) is 12.8 Å². The van der Waals surface area contributed by atoms with Crippen molar-refractivity contribution in [3.63, 3.8) is 0 Å². The lowest BCUT2D eigenvalue weighted by Gasteiger charge is -2.35. The molecule has 1 N–H and O–H groups in total. The first-order chi connectivity index (χ1) is 8.72. The lowest BCUT2D eigenvalue weighted by Crippen LogP contribution is -2.53. The summed E-state index contributed by atoms with van der Waals surface area (Å²) in [6.45, 7) is 0.520. The van der Waals surface area contributed by atoms with E-state index in [4.69, 9.17) is 4.74 Å². The summed E-state index contributed by atoms with van der Waals surface area (Å²) in [5, 5.41) is 12.4. The van der Waals surface area contributed by atoms with E-state index in [1.54, 1.807) is 11.3 Å². The Balaban J connectivity index is 1.82. The monoisotopic (exact) mass is 267 g/mol. The Hall–Kier alpha value is -0.940. The molecule has 2 heterocycles. The third kappa shape index (κ3) is 1.86. The van der Waals surface area contributed by atoms with Crippen LogP contribution in [0.4, 0.5) is 0 Å². The van der Waals surface area contributed by atoms with Crippen molar-refractivity contribution in [1.29, 1.82) is 0 Å². The maximum atomic E-state index is 11.4. The van der Waals surface area contributed by atoms with E-state index < -0.39 is 11.4 Å². The van der Waals surface area contributed by atoms with Crippen LogP contribution in [0.1, 0.15) is 48.7 Å². The first kappa shape index (κ1) is 12.1. The Bertz CT molecular complexity index is 447. The summed E-state index contributed by atoms with van der Waals surface area (Å²) in [6, 6.07) is 0. The number of rotatable bonds is 3. The molecule has 1 aromatic rings. The Labute approximate surface area is 110 Å².